The predicted octanol–water partition coefficient (Wildman–Crippen LogP) is 4.13. The molecule has 0 radical (unpaired) electrons. The monoisotopic (exact) mass is 439 g/mol. The van der Waals surface area contributed by atoms with Gasteiger partial charge >= 0.3 is 0 Å². The Bertz CT molecular complexity index is 1110. The first-order valence-corrected chi connectivity index (χ1v) is 9.50. The van der Waals surface area contributed by atoms with Gasteiger partial charge in [0.15, 0.2) is 17.2 Å². The van der Waals surface area contributed by atoms with Crippen molar-refractivity contribution in [1.29, 1.82) is 0 Å². The van der Waals surface area contributed by atoms with Crippen LogP contribution in [0.3, 0.4) is 0 Å². The lowest BCUT2D eigenvalue weighted by molar-refractivity contribution is 0.354. The zero-order valence-electron chi connectivity index (χ0n) is 13.7. The van der Waals surface area contributed by atoms with Crippen LogP contribution in [0, 0.1) is 0 Å². The van der Waals surface area contributed by atoms with Gasteiger partial charge in [-0.05, 0) is 24.3 Å². The van der Waals surface area contributed by atoms with Crippen molar-refractivity contribution >= 4 is 42.5 Å². The lowest BCUT2D eigenvalue weighted by Crippen LogP contribution is -1.98. The molecule has 0 fully saturated rings. The van der Waals surface area contributed by atoms with Crippen LogP contribution >= 0.6 is 15.9 Å². The van der Waals surface area contributed by atoms with Crippen LogP contribution in [0.2, 0.25) is 0 Å². The van der Waals surface area contributed by atoms with Crippen molar-refractivity contribution in [2.24, 2.45) is 9.63 Å². The molecule has 2 N–H and O–H groups in total. The third kappa shape index (κ3) is 3.25. The van der Waals surface area contributed by atoms with Crippen molar-refractivity contribution in [2.75, 3.05) is 14.2 Å². The molecular weight excluding hydrogens is 426 g/mol. The number of aromatic nitrogens is 1. The number of aromatic hydroxyl groups is 1. The van der Waals surface area contributed by atoms with Crippen LogP contribution in [-0.2, 0) is 10.0 Å². The summed E-state index contributed by atoms with van der Waals surface area (Å²) in [5, 5.41) is 14.3. The van der Waals surface area contributed by atoms with Crippen molar-refractivity contribution in [3.8, 4) is 17.4 Å². The van der Waals surface area contributed by atoms with E-state index in [0.717, 1.165) is 0 Å². The highest BCUT2D eigenvalue weighted by Crippen LogP contribution is 2.40. The summed E-state index contributed by atoms with van der Waals surface area (Å²) < 4.78 is 39.2. The van der Waals surface area contributed by atoms with E-state index in [-0.39, 0.29) is 22.2 Å². The highest BCUT2D eigenvalue weighted by Gasteiger charge is 2.18. The fraction of sp³-hybridized carbons (Fsp3) is 0.125. The van der Waals surface area contributed by atoms with Gasteiger partial charge in [0.05, 0.1) is 24.6 Å². The van der Waals surface area contributed by atoms with Crippen LogP contribution in [0.4, 0.5) is 5.69 Å². The van der Waals surface area contributed by atoms with Gasteiger partial charge in [-0.2, -0.15) is 8.42 Å². The molecule has 136 valence electrons. The van der Waals surface area contributed by atoms with Crippen LogP contribution in [-0.4, -0.2) is 32.7 Å². The lowest BCUT2D eigenvalue weighted by Gasteiger charge is -2.08. The molecule has 1 heterocycles. The molecule has 0 bridgehead atoms. The molecular formula is C16H14BrN3O5S. The summed E-state index contributed by atoms with van der Waals surface area (Å²) in [4.78, 5) is 2.60. The molecule has 0 unspecified atom stereocenters. The fourth-order valence-electron chi connectivity index (χ4n) is 2.39. The van der Waals surface area contributed by atoms with Crippen LogP contribution in [0.25, 0.3) is 10.9 Å². The Morgan fingerprint density at radius 3 is 2.54 bits per heavy atom. The van der Waals surface area contributed by atoms with E-state index in [9.17, 15) is 13.5 Å². The normalized spacial score (nSPS) is 12.0. The third-order valence-corrected chi connectivity index (χ3v) is 5.44. The number of H-pyrrole nitrogens is 1. The molecule has 3 aromatic rings. The smallest absolute Gasteiger partial charge is 0.299 e. The average molecular weight is 440 g/mol. The molecule has 3 rings (SSSR count). The van der Waals surface area contributed by atoms with Gasteiger partial charge in [-0.15, -0.1) is 5.11 Å². The number of methoxy groups -OCH3 is 2. The van der Waals surface area contributed by atoms with E-state index >= 15 is 0 Å². The van der Waals surface area contributed by atoms with Gasteiger partial charge in [0.1, 0.15) is 0 Å². The quantitative estimate of drug-likeness (QED) is 0.580. The summed E-state index contributed by atoms with van der Waals surface area (Å²) >= 11 is 3.35. The second-order valence-electron chi connectivity index (χ2n) is 5.16. The van der Waals surface area contributed by atoms with Gasteiger partial charge in [-0.25, -0.2) is 0 Å². The first kappa shape index (κ1) is 18.2. The highest BCUT2D eigenvalue weighted by atomic mass is 79.9. The number of halogens is 1. The maximum atomic E-state index is 12.5. The number of rotatable bonds is 5. The summed E-state index contributed by atoms with van der Waals surface area (Å²) in [5.74, 6) is 0.362. The number of fused-ring (bicyclic) bond motifs is 1. The Labute approximate surface area is 157 Å². The number of nitrogens with zero attached hydrogens (tertiary/aromatic N) is 2. The Kier molecular flexibility index (Phi) is 4.88. The van der Waals surface area contributed by atoms with Crippen LogP contribution in [0.15, 0.2) is 55.4 Å². The topological polar surface area (TPSA) is 113 Å². The summed E-state index contributed by atoms with van der Waals surface area (Å²) in [6.07, 6.45) is 0. The van der Waals surface area contributed by atoms with Crippen molar-refractivity contribution in [3.63, 3.8) is 0 Å². The molecule has 10 heteroatoms. The van der Waals surface area contributed by atoms with E-state index in [1.165, 1.54) is 32.4 Å². The zero-order chi connectivity index (χ0) is 18.9. The number of benzene rings is 2. The molecule has 2 aromatic carbocycles. The zero-order valence-corrected chi connectivity index (χ0v) is 16.1. The van der Waals surface area contributed by atoms with Crippen LogP contribution in [0.1, 0.15) is 0 Å². The third-order valence-electron chi connectivity index (χ3n) is 3.63. The van der Waals surface area contributed by atoms with Gasteiger partial charge in [0.2, 0.25) is 5.88 Å². The highest BCUT2D eigenvalue weighted by molar-refractivity contribution is 9.10. The van der Waals surface area contributed by atoms with Crippen LogP contribution < -0.4 is 9.47 Å². The standard InChI is InChI=1S/C16H14BrN3O5S/c1-24-12-7-6-9(8-13(12)25-2)26(22,23)20-19-15-14-10(17)4-3-5-11(14)18-16(15)21/h3-8,18,21H,1-2H3. The van der Waals surface area contributed by atoms with E-state index in [4.69, 9.17) is 9.47 Å². The predicted molar refractivity (Wildman–Crippen MR) is 98.9 cm³/mol. The summed E-state index contributed by atoms with van der Waals surface area (Å²) in [6, 6.07) is 9.32. The molecule has 0 aliphatic carbocycles. The molecule has 8 nitrogen and oxygen atoms in total. The van der Waals surface area contributed by atoms with E-state index in [1.54, 1.807) is 18.2 Å². The van der Waals surface area contributed by atoms with E-state index < -0.39 is 10.0 Å². The molecule has 0 amide bonds. The minimum atomic E-state index is -4.11. The number of sulfonamides is 1. The van der Waals surface area contributed by atoms with Crippen molar-refractivity contribution < 1.29 is 23.0 Å². The maximum Gasteiger partial charge on any atom is 0.299 e. The van der Waals surface area contributed by atoms with Crippen molar-refractivity contribution in [1.82, 2.24) is 4.98 Å². The number of nitrogens with one attached hydrogen (secondary N) is 1. The Hall–Kier alpha value is -2.59. The molecule has 0 saturated carbocycles. The minimum Gasteiger partial charge on any atom is -0.493 e. The lowest BCUT2D eigenvalue weighted by atomic mass is 10.2. The fourth-order valence-corrected chi connectivity index (χ4v) is 3.72. The Balaban J connectivity index is 2.04. The first-order chi connectivity index (χ1) is 12.4. The van der Waals surface area contributed by atoms with Gasteiger partial charge < -0.3 is 19.6 Å². The van der Waals surface area contributed by atoms with Crippen molar-refractivity contribution in [2.45, 2.75) is 4.90 Å². The number of ether oxygens (including phenoxy) is 2. The molecule has 0 spiro atoms. The summed E-state index contributed by atoms with van der Waals surface area (Å²) in [5.41, 5.74) is 0.617. The van der Waals surface area contributed by atoms with E-state index in [1.807, 2.05) is 0 Å². The Morgan fingerprint density at radius 1 is 1.12 bits per heavy atom. The van der Waals surface area contributed by atoms with Gasteiger partial charge in [-0.3, -0.25) is 0 Å². The first-order valence-electron chi connectivity index (χ1n) is 7.26. The SMILES string of the molecule is COc1ccc(S(=O)(=O)N=Nc2c(O)[nH]c3cccc(Br)c23)cc1OC. The van der Waals surface area contributed by atoms with Gasteiger partial charge in [0, 0.05) is 15.9 Å². The van der Waals surface area contributed by atoms with Crippen LogP contribution in [0.5, 0.6) is 17.4 Å². The number of hydrogen-bond donors (Lipinski definition) is 2. The summed E-state index contributed by atoms with van der Waals surface area (Å²) in [7, 11) is -1.26. The van der Waals surface area contributed by atoms with E-state index in [2.05, 4.69) is 30.5 Å². The maximum absolute atomic E-state index is 12.5. The molecule has 26 heavy (non-hydrogen) atoms. The van der Waals surface area contributed by atoms with E-state index in [0.29, 0.717) is 21.1 Å². The van der Waals surface area contributed by atoms with Crippen molar-refractivity contribution in [3.05, 3.63) is 40.9 Å². The number of hydrogen-bond acceptors (Lipinski definition) is 6. The molecule has 0 atom stereocenters. The molecule has 0 aliphatic rings. The van der Waals surface area contributed by atoms with Gasteiger partial charge in [-0.1, -0.05) is 26.5 Å². The second-order valence-corrected chi connectivity index (χ2v) is 7.60. The van der Waals surface area contributed by atoms with Gasteiger partial charge in [0.25, 0.3) is 10.0 Å². The molecule has 1 aromatic heterocycles. The summed E-state index contributed by atoms with van der Waals surface area (Å²) in [6.45, 7) is 0. The second kappa shape index (κ2) is 6.96. The largest absolute Gasteiger partial charge is 0.493 e. The minimum absolute atomic E-state index is 0.0246. The Morgan fingerprint density at radius 2 is 1.85 bits per heavy atom. The molecule has 0 aliphatic heterocycles. The average Bonchev–Trinajstić information content (AvgIpc) is 2.96. The number of aromatic amines is 1. The molecule has 0 saturated heterocycles.